The zero-order chi connectivity index (χ0) is 17.9. The number of aromatic carboxylic acids is 1. The third kappa shape index (κ3) is 3.52. The molecule has 0 spiro atoms. The Morgan fingerprint density at radius 3 is 2.46 bits per heavy atom. The number of aromatic amines is 1. The average molecular weight is 356 g/mol. The first-order chi connectivity index (χ1) is 12.7. The maximum absolute atomic E-state index is 11.1. The number of carboxylic acids is 1. The Balaban J connectivity index is 1.33. The fourth-order valence-electron chi connectivity index (χ4n) is 4.04. The van der Waals surface area contributed by atoms with E-state index in [1.165, 1.54) is 37.2 Å². The highest BCUT2D eigenvalue weighted by molar-refractivity contribution is 5.87. The number of aromatic nitrogens is 3. The van der Waals surface area contributed by atoms with Crippen LogP contribution in [0, 0.1) is 0 Å². The molecule has 1 aliphatic heterocycles. The summed E-state index contributed by atoms with van der Waals surface area (Å²) in [6.07, 6.45) is 6.44. The van der Waals surface area contributed by atoms with Crippen molar-refractivity contribution < 1.29 is 14.6 Å². The van der Waals surface area contributed by atoms with Gasteiger partial charge in [-0.15, -0.1) is 0 Å². The van der Waals surface area contributed by atoms with Crippen LogP contribution in [0.4, 0.5) is 5.69 Å². The maximum atomic E-state index is 11.1. The number of nitrogens with one attached hydrogen (secondary N) is 1. The zero-order valence-corrected chi connectivity index (χ0v) is 14.7. The summed E-state index contributed by atoms with van der Waals surface area (Å²) in [7, 11) is 0. The minimum atomic E-state index is -1.10. The largest absolute Gasteiger partial charge is 0.476 e. The van der Waals surface area contributed by atoms with Crippen molar-refractivity contribution in [2.45, 2.75) is 50.5 Å². The number of carboxylic acid groups (broad SMARTS) is 1. The second kappa shape index (κ2) is 7.35. The minimum Gasteiger partial charge on any atom is -0.476 e. The van der Waals surface area contributed by atoms with E-state index in [2.05, 4.69) is 44.6 Å². The van der Waals surface area contributed by atoms with E-state index >= 15 is 0 Å². The van der Waals surface area contributed by atoms with Crippen LogP contribution in [-0.4, -0.2) is 45.7 Å². The molecular formula is C19H24N4O3. The van der Waals surface area contributed by atoms with E-state index in [0.29, 0.717) is 5.92 Å². The van der Waals surface area contributed by atoms with Crippen molar-refractivity contribution in [1.82, 2.24) is 15.4 Å². The van der Waals surface area contributed by atoms with Gasteiger partial charge in [0.25, 0.3) is 5.88 Å². The molecule has 1 aliphatic carbocycles. The highest BCUT2D eigenvalue weighted by Gasteiger charge is 2.26. The van der Waals surface area contributed by atoms with Crippen molar-refractivity contribution in [3.63, 3.8) is 0 Å². The van der Waals surface area contributed by atoms with Crippen molar-refractivity contribution in [3.05, 3.63) is 35.5 Å². The average Bonchev–Trinajstić information content (AvgIpc) is 3.34. The van der Waals surface area contributed by atoms with Crippen LogP contribution < -0.4 is 9.64 Å². The summed E-state index contributed by atoms with van der Waals surface area (Å²) in [5.41, 5.74) is 2.64. The molecule has 1 saturated heterocycles. The van der Waals surface area contributed by atoms with Crippen LogP contribution in [0.5, 0.6) is 5.88 Å². The molecule has 1 saturated carbocycles. The van der Waals surface area contributed by atoms with E-state index in [-0.39, 0.29) is 17.7 Å². The van der Waals surface area contributed by atoms with E-state index < -0.39 is 5.97 Å². The molecule has 7 heteroatoms. The Bertz CT molecular complexity index is 744. The second-order valence-corrected chi connectivity index (χ2v) is 7.17. The molecule has 0 amide bonds. The smallest absolute Gasteiger partial charge is 0.359 e. The van der Waals surface area contributed by atoms with Crippen molar-refractivity contribution in [2.75, 3.05) is 18.0 Å². The lowest BCUT2D eigenvalue weighted by Gasteiger charge is -2.29. The highest BCUT2D eigenvalue weighted by Crippen LogP contribution is 2.35. The summed E-state index contributed by atoms with van der Waals surface area (Å²) in [4.78, 5) is 13.5. The van der Waals surface area contributed by atoms with E-state index in [0.717, 1.165) is 25.7 Å². The van der Waals surface area contributed by atoms with Crippen LogP contribution in [-0.2, 0) is 0 Å². The number of hydrogen-bond acceptors (Lipinski definition) is 5. The monoisotopic (exact) mass is 356 g/mol. The van der Waals surface area contributed by atoms with Gasteiger partial charge in [0.15, 0.2) is 0 Å². The van der Waals surface area contributed by atoms with E-state index in [9.17, 15) is 4.79 Å². The Labute approximate surface area is 152 Å². The van der Waals surface area contributed by atoms with Gasteiger partial charge in [-0.2, -0.15) is 0 Å². The Kier molecular flexibility index (Phi) is 4.77. The molecule has 1 aromatic carbocycles. The van der Waals surface area contributed by atoms with Gasteiger partial charge in [-0.3, -0.25) is 0 Å². The molecule has 2 aliphatic rings. The first-order valence-electron chi connectivity index (χ1n) is 9.36. The van der Waals surface area contributed by atoms with Crippen molar-refractivity contribution in [3.8, 4) is 5.88 Å². The predicted molar refractivity (Wildman–Crippen MR) is 96.9 cm³/mol. The van der Waals surface area contributed by atoms with Crippen LogP contribution in [0.1, 0.15) is 60.5 Å². The molecule has 138 valence electrons. The molecule has 7 nitrogen and oxygen atoms in total. The summed E-state index contributed by atoms with van der Waals surface area (Å²) in [5, 5.41) is 18.7. The number of hydrogen-bond donors (Lipinski definition) is 2. The molecule has 0 radical (unpaired) electrons. The van der Waals surface area contributed by atoms with Gasteiger partial charge in [0.2, 0.25) is 5.69 Å². The third-order valence-electron chi connectivity index (χ3n) is 5.52. The highest BCUT2D eigenvalue weighted by atomic mass is 16.5. The summed E-state index contributed by atoms with van der Waals surface area (Å²) in [5.74, 6) is -0.466. The molecule has 0 unspecified atom stereocenters. The van der Waals surface area contributed by atoms with Crippen LogP contribution in [0.15, 0.2) is 24.3 Å². The number of benzene rings is 1. The maximum Gasteiger partial charge on any atom is 0.359 e. The standard InChI is InChI=1S/C19H24N4O3/c24-19(25)17-18(21-22-20-17)26-16-9-5-14(6-10-16)13-3-7-15(8-4-13)23-11-1-2-12-23/h3-4,7-8,14,16H,1-2,5-6,9-12H2,(H,24,25)(H,20,21,22). The van der Waals surface area contributed by atoms with E-state index in [1.807, 2.05) is 0 Å². The van der Waals surface area contributed by atoms with Crippen LogP contribution in [0.2, 0.25) is 0 Å². The van der Waals surface area contributed by atoms with Gasteiger partial charge in [-0.25, -0.2) is 9.89 Å². The van der Waals surface area contributed by atoms with Gasteiger partial charge in [0, 0.05) is 18.8 Å². The van der Waals surface area contributed by atoms with Gasteiger partial charge in [0.05, 0.1) is 0 Å². The first-order valence-corrected chi connectivity index (χ1v) is 9.36. The van der Waals surface area contributed by atoms with Crippen molar-refractivity contribution in [1.29, 1.82) is 0 Å². The number of rotatable bonds is 5. The van der Waals surface area contributed by atoms with Gasteiger partial charge < -0.3 is 14.7 Å². The van der Waals surface area contributed by atoms with E-state index in [1.54, 1.807) is 0 Å². The Hall–Kier alpha value is -2.57. The Morgan fingerprint density at radius 2 is 1.81 bits per heavy atom. The second-order valence-electron chi connectivity index (χ2n) is 7.17. The van der Waals surface area contributed by atoms with Gasteiger partial charge in [-0.05, 0) is 62.1 Å². The lowest BCUT2D eigenvalue weighted by Crippen LogP contribution is -2.24. The van der Waals surface area contributed by atoms with Gasteiger partial charge in [-0.1, -0.05) is 22.4 Å². The molecule has 26 heavy (non-hydrogen) atoms. The summed E-state index contributed by atoms with van der Waals surface area (Å²) < 4.78 is 5.77. The zero-order valence-electron chi connectivity index (χ0n) is 14.7. The third-order valence-corrected chi connectivity index (χ3v) is 5.52. The SMILES string of the molecule is O=C(O)c1[nH]nnc1OC1CCC(c2ccc(N3CCCC3)cc2)CC1. The topological polar surface area (TPSA) is 91.3 Å². The quantitative estimate of drug-likeness (QED) is 0.855. The molecule has 2 aromatic rings. The lowest BCUT2D eigenvalue weighted by molar-refractivity contribution is 0.0678. The first kappa shape index (κ1) is 16.9. The van der Waals surface area contributed by atoms with Crippen LogP contribution in [0.3, 0.4) is 0 Å². The number of anilines is 1. The fraction of sp³-hybridized carbons (Fsp3) is 0.526. The fourth-order valence-corrected chi connectivity index (χ4v) is 4.04. The number of ether oxygens (including phenoxy) is 1. The number of H-pyrrole nitrogens is 1. The molecule has 0 atom stereocenters. The Morgan fingerprint density at radius 1 is 1.12 bits per heavy atom. The molecular weight excluding hydrogens is 332 g/mol. The predicted octanol–water partition coefficient (Wildman–Crippen LogP) is 3.21. The molecule has 0 bridgehead atoms. The number of carbonyl (C=O) groups is 1. The van der Waals surface area contributed by atoms with Gasteiger partial charge >= 0.3 is 5.97 Å². The molecule has 2 N–H and O–H groups in total. The van der Waals surface area contributed by atoms with Crippen LogP contribution >= 0.6 is 0 Å². The molecule has 4 rings (SSSR count). The lowest BCUT2D eigenvalue weighted by atomic mass is 9.82. The molecule has 2 heterocycles. The summed E-state index contributed by atoms with van der Waals surface area (Å²) in [6.45, 7) is 2.34. The van der Waals surface area contributed by atoms with Crippen molar-refractivity contribution in [2.24, 2.45) is 0 Å². The van der Waals surface area contributed by atoms with E-state index in [4.69, 9.17) is 9.84 Å². The molecule has 2 fully saturated rings. The summed E-state index contributed by atoms with van der Waals surface area (Å²) in [6, 6.07) is 9.02. The molecule has 1 aromatic heterocycles. The van der Waals surface area contributed by atoms with Crippen LogP contribution in [0.25, 0.3) is 0 Å². The number of nitrogens with zero attached hydrogens (tertiary/aromatic N) is 3. The van der Waals surface area contributed by atoms with Crippen molar-refractivity contribution >= 4 is 11.7 Å². The van der Waals surface area contributed by atoms with Gasteiger partial charge in [0.1, 0.15) is 6.10 Å². The normalized spacial score (nSPS) is 23.2. The minimum absolute atomic E-state index is 0.00155. The summed E-state index contributed by atoms with van der Waals surface area (Å²) >= 11 is 0.